The second-order valence-corrected chi connectivity index (χ2v) is 11.1. The molecule has 0 aliphatic carbocycles. The van der Waals surface area contributed by atoms with Crippen LogP contribution in [0.2, 0.25) is 0 Å². The van der Waals surface area contributed by atoms with Crippen molar-refractivity contribution in [2.24, 2.45) is 0 Å². The zero-order valence-electron chi connectivity index (χ0n) is 22.8. The lowest BCUT2D eigenvalue weighted by Crippen LogP contribution is -2.33. The summed E-state index contributed by atoms with van der Waals surface area (Å²) in [5.41, 5.74) is 3.07. The molecule has 1 fully saturated rings. The van der Waals surface area contributed by atoms with Crippen molar-refractivity contribution in [3.05, 3.63) is 125 Å². The number of benzene rings is 4. The maximum absolute atomic E-state index is 12.3. The van der Waals surface area contributed by atoms with Gasteiger partial charge in [0, 0.05) is 18.5 Å². The van der Waals surface area contributed by atoms with Gasteiger partial charge in [0.25, 0.3) is 0 Å². The molecule has 0 aromatic heterocycles. The number of aliphatic hydroxyl groups is 1. The van der Waals surface area contributed by atoms with E-state index in [0.29, 0.717) is 18.6 Å². The Balaban J connectivity index is 1.57. The topological polar surface area (TPSA) is 63.9 Å². The third-order valence-corrected chi connectivity index (χ3v) is 8.55. The predicted octanol–water partition coefficient (Wildman–Crippen LogP) is 7.50. The van der Waals surface area contributed by atoms with Crippen LogP contribution < -0.4 is 4.90 Å². The lowest BCUT2D eigenvalue weighted by atomic mass is 9.69. The van der Waals surface area contributed by atoms with Crippen LogP contribution in [-0.2, 0) is 11.0 Å². The molecule has 4 aromatic rings. The van der Waals surface area contributed by atoms with Gasteiger partial charge in [-0.05, 0) is 72.2 Å². The molecule has 0 saturated carbocycles. The van der Waals surface area contributed by atoms with E-state index in [-0.39, 0.29) is 5.75 Å². The first-order chi connectivity index (χ1) is 18.9. The Morgan fingerprint density at radius 2 is 1.15 bits per heavy atom. The predicted molar refractivity (Wildman–Crippen MR) is 158 cm³/mol. The first-order valence-corrected chi connectivity index (χ1v) is 14.1. The molecular weight excluding hydrogens is 482 g/mol. The summed E-state index contributed by atoms with van der Waals surface area (Å²) in [6.45, 7) is 4.08. The van der Waals surface area contributed by atoms with Crippen molar-refractivity contribution >= 4 is 5.69 Å². The standard InChI is InChI=1S/C35H39NO3/c1-34(27-16-19-31(37)20-17-27,30-18-21-33(38)32(26-30)36-24-10-2-3-11-25-36)22-23-35(39,28-12-6-4-7-13-28)29-14-8-5-9-15-29/h4-9,12-21,26,37-39H,2-3,10-11,22-25H2,1H3. The van der Waals surface area contributed by atoms with Crippen molar-refractivity contribution in [1.82, 2.24) is 0 Å². The molecule has 1 aliphatic heterocycles. The number of hydrogen-bond donors (Lipinski definition) is 3. The Hall–Kier alpha value is -3.76. The third-order valence-electron chi connectivity index (χ3n) is 8.55. The van der Waals surface area contributed by atoms with Crippen LogP contribution in [0.25, 0.3) is 0 Å². The van der Waals surface area contributed by atoms with Gasteiger partial charge in [0.05, 0.1) is 5.69 Å². The number of nitrogens with zero attached hydrogens (tertiary/aromatic N) is 1. The van der Waals surface area contributed by atoms with E-state index in [0.717, 1.165) is 53.9 Å². The van der Waals surface area contributed by atoms with Crippen LogP contribution in [0.4, 0.5) is 5.69 Å². The molecule has 4 nitrogen and oxygen atoms in total. The highest BCUT2D eigenvalue weighted by Crippen LogP contribution is 2.45. The molecular formula is C35H39NO3. The van der Waals surface area contributed by atoms with E-state index < -0.39 is 11.0 Å². The van der Waals surface area contributed by atoms with Crippen LogP contribution in [0.3, 0.4) is 0 Å². The van der Waals surface area contributed by atoms with Gasteiger partial charge in [0.15, 0.2) is 0 Å². The molecule has 4 aromatic carbocycles. The SMILES string of the molecule is CC(CCC(O)(c1ccccc1)c1ccccc1)(c1ccc(O)cc1)c1ccc(O)c(N2CCCCCC2)c1. The highest BCUT2D eigenvalue weighted by Gasteiger charge is 2.37. The normalized spacial score (nSPS) is 15.9. The molecule has 1 heterocycles. The quantitative estimate of drug-likeness (QED) is 0.225. The summed E-state index contributed by atoms with van der Waals surface area (Å²) in [7, 11) is 0. The Bertz CT molecular complexity index is 1310. The fourth-order valence-corrected chi connectivity index (χ4v) is 6.03. The van der Waals surface area contributed by atoms with E-state index in [9.17, 15) is 15.3 Å². The van der Waals surface area contributed by atoms with Gasteiger partial charge in [-0.25, -0.2) is 0 Å². The van der Waals surface area contributed by atoms with Crippen LogP contribution >= 0.6 is 0 Å². The first kappa shape index (κ1) is 26.8. The van der Waals surface area contributed by atoms with Crippen molar-refractivity contribution < 1.29 is 15.3 Å². The van der Waals surface area contributed by atoms with Crippen molar-refractivity contribution in [3.63, 3.8) is 0 Å². The largest absolute Gasteiger partial charge is 0.508 e. The minimum absolute atomic E-state index is 0.224. The van der Waals surface area contributed by atoms with Gasteiger partial charge in [0.2, 0.25) is 0 Å². The zero-order chi connectivity index (χ0) is 27.3. The number of phenols is 2. The van der Waals surface area contributed by atoms with Crippen molar-refractivity contribution in [2.75, 3.05) is 18.0 Å². The van der Waals surface area contributed by atoms with Crippen molar-refractivity contribution in [1.29, 1.82) is 0 Å². The number of rotatable bonds is 8. The lowest BCUT2D eigenvalue weighted by molar-refractivity contribution is 0.0635. The Labute approximate surface area is 232 Å². The van der Waals surface area contributed by atoms with Gasteiger partial charge in [0.1, 0.15) is 17.1 Å². The molecule has 1 atom stereocenters. The monoisotopic (exact) mass is 521 g/mol. The summed E-state index contributed by atoms with van der Waals surface area (Å²) < 4.78 is 0. The van der Waals surface area contributed by atoms with Gasteiger partial charge >= 0.3 is 0 Å². The summed E-state index contributed by atoms with van der Waals surface area (Å²) in [6, 6.07) is 33.1. The molecule has 0 radical (unpaired) electrons. The molecule has 4 heteroatoms. The number of hydrogen-bond acceptors (Lipinski definition) is 4. The fraction of sp³-hybridized carbons (Fsp3) is 0.314. The van der Waals surface area contributed by atoms with Crippen LogP contribution in [0, 0.1) is 0 Å². The molecule has 39 heavy (non-hydrogen) atoms. The van der Waals surface area contributed by atoms with E-state index >= 15 is 0 Å². The molecule has 1 unspecified atom stereocenters. The van der Waals surface area contributed by atoms with Gasteiger partial charge in [-0.15, -0.1) is 0 Å². The molecule has 0 spiro atoms. The van der Waals surface area contributed by atoms with Crippen LogP contribution in [0.5, 0.6) is 11.5 Å². The average molecular weight is 522 g/mol. The lowest BCUT2D eigenvalue weighted by Gasteiger charge is -2.37. The van der Waals surface area contributed by atoms with Crippen LogP contribution in [-0.4, -0.2) is 28.4 Å². The average Bonchev–Trinajstić information content (AvgIpc) is 3.27. The van der Waals surface area contributed by atoms with Gasteiger partial charge < -0.3 is 20.2 Å². The fourth-order valence-electron chi connectivity index (χ4n) is 6.03. The van der Waals surface area contributed by atoms with Crippen LogP contribution in [0.1, 0.15) is 67.7 Å². The van der Waals surface area contributed by atoms with Crippen molar-refractivity contribution in [3.8, 4) is 11.5 Å². The number of anilines is 1. The molecule has 202 valence electrons. The highest BCUT2D eigenvalue weighted by atomic mass is 16.3. The van der Waals surface area contributed by atoms with Gasteiger partial charge in [-0.1, -0.05) is 98.6 Å². The molecule has 1 saturated heterocycles. The Morgan fingerprint density at radius 1 is 0.615 bits per heavy atom. The van der Waals surface area contributed by atoms with E-state index in [2.05, 4.69) is 17.9 Å². The Morgan fingerprint density at radius 3 is 1.72 bits per heavy atom. The van der Waals surface area contributed by atoms with Crippen LogP contribution in [0.15, 0.2) is 103 Å². The second kappa shape index (κ2) is 11.5. The smallest absolute Gasteiger partial charge is 0.138 e. The summed E-state index contributed by atoms with van der Waals surface area (Å²) in [5, 5.41) is 33.2. The molecule has 0 bridgehead atoms. The van der Waals surface area contributed by atoms with E-state index in [1.54, 1.807) is 12.1 Å². The maximum atomic E-state index is 12.3. The first-order valence-electron chi connectivity index (χ1n) is 14.1. The summed E-state index contributed by atoms with van der Waals surface area (Å²) in [4.78, 5) is 2.31. The molecule has 3 N–H and O–H groups in total. The number of aromatic hydroxyl groups is 2. The van der Waals surface area contributed by atoms with Gasteiger partial charge in [-0.2, -0.15) is 0 Å². The summed E-state index contributed by atoms with van der Waals surface area (Å²) >= 11 is 0. The number of phenolic OH excluding ortho intramolecular Hbond substituents is 2. The van der Waals surface area contributed by atoms with E-state index in [1.807, 2.05) is 84.9 Å². The Kier molecular flexibility index (Phi) is 7.94. The summed E-state index contributed by atoms with van der Waals surface area (Å²) in [6.07, 6.45) is 5.82. The zero-order valence-corrected chi connectivity index (χ0v) is 22.8. The highest BCUT2D eigenvalue weighted by molar-refractivity contribution is 5.61. The van der Waals surface area contributed by atoms with E-state index in [1.165, 1.54) is 12.8 Å². The third kappa shape index (κ3) is 5.67. The molecule has 1 aliphatic rings. The van der Waals surface area contributed by atoms with Gasteiger partial charge in [-0.3, -0.25) is 0 Å². The minimum Gasteiger partial charge on any atom is -0.508 e. The maximum Gasteiger partial charge on any atom is 0.138 e. The van der Waals surface area contributed by atoms with Crippen molar-refractivity contribution in [2.45, 2.75) is 56.5 Å². The molecule has 5 rings (SSSR count). The second-order valence-electron chi connectivity index (χ2n) is 11.1. The molecule has 0 amide bonds. The summed E-state index contributed by atoms with van der Waals surface area (Å²) in [5.74, 6) is 0.529. The minimum atomic E-state index is -1.18. The van der Waals surface area contributed by atoms with E-state index in [4.69, 9.17) is 0 Å².